The summed E-state index contributed by atoms with van der Waals surface area (Å²) < 4.78 is 0. The van der Waals surface area contributed by atoms with Crippen LogP contribution >= 0.6 is 22.7 Å². The van der Waals surface area contributed by atoms with Crippen molar-refractivity contribution in [2.24, 2.45) is 0 Å². The molecule has 0 aliphatic rings. The van der Waals surface area contributed by atoms with Crippen LogP contribution in [-0.4, -0.2) is 17.1 Å². The number of hydrogen-bond donors (Lipinski definition) is 2. The molecule has 0 radical (unpaired) electrons. The van der Waals surface area contributed by atoms with E-state index in [1.807, 2.05) is 44.2 Å². The smallest absolute Gasteiger partial charge is 0.153 e. The number of benzene rings is 1. The number of aromatic nitrogens is 2. The molecule has 0 atom stereocenters. The van der Waals surface area contributed by atoms with Gasteiger partial charge in [0.1, 0.15) is 0 Å². The number of hydrogen-bond acceptors (Lipinski definition) is 8. The Balaban J connectivity index is 1.69. The number of aryl methyl sites for hydroxylation is 2. The van der Waals surface area contributed by atoms with Crippen LogP contribution in [0.4, 0.5) is 0 Å². The topological polar surface area (TPSA) is 68.3 Å². The Kier molecular flexibility index (Phi) is 6.58. The number of hydroxylamine groups is 2. The molecule has 146 valence electrons. The average Bonchev–Trinajstić information content (AvgIpc) is 3.25. The first kappa shape index (κ1) is 20.2. The fourth-order valence-electron chi connectivity index (χ4n) is 2.53. The van der Waals surface area contributed by atoms with Crippen LogP contribution in [0.25, 0.3) is 21.4 Å². The molecule has 28 heavy (non-hydrogen) atoms. The first-order valence-corrected chi connectivity index (χ1v) is 10.2. The lowest BCUT2D eigenvalue weighted by Gasteiger charge is -2.08. The van der Waals surface area contributed by atoms with E-state index in [4.69, 9.17) is 9.68 Å². The molecule has 3 rings (SSSR count). The summed E-state index contributed by atoms with van der Waals surface area (Å²) in [6, 6.07) is 9.96. The van der Waals surface area contributed by atoms with Crippen LogP contribution in [0.15, 0.2) is 43.5 Å². The SMILES string of the molecule is C=C(NOC)c1sc(-c2nc(C)c(C(=C)NOCc3ccccc3)s2)nc1C. The van der Waals surface area contributed by atoms with Crippen molar-refractivity contribution in [3.05, 3.63) is 70.2 Å². The summed E-state index contributed by atoms with van der Waals surface area (Å²) in [6.07, 6.45) is 0. The zero-order valence-corrected chi connectivity index (χ0v) is 17.7. The molecule has 6 nitrogen and oxygen atoms in total. The van der Waals surface area contributed by atoms with Gasteiger partial charge in [0.05, 0.1) is 46.3 Å². The number of nitrogens with one attached hydrogen (secondary N) is 2. The van der Waals surface area contributed by atoms with Gasteiger partial charge in [-0.05, 0) is 19.4 Å². The maximum atomic E-state index is 5.57. The van der Waals surface area contributed by atoms with Crippen LogP contribution in [0.1, 0.15) is 26.7 Å². The summed E-state index contributed by atoms with van der Waals surface area (Å²) >= 11 is 3.05. The summed E-state index contributed by atoms with van der Waals surface area (Å²) in [5, 5.41) is 1.67. The molecule has 2 N–H and O–H groups in total. The van der Waals surface area contributed by atoms with Crippen molar-refractivity contribution in [1.82, 2.24) is 20.9 Å². The first-order valence-electron chi connectivity index (χ1n) is 8.54. The summed E-state index contributed by atoms with van der Waals surface area (Å²) in [5.41, 5.74) is 9.88. The zero-order chi connectivity index (χ0) is 20.1. The molecule has 0 aliphatic carbocycles. The lowest BCUT2D eigenvalue weighted by Crippen LogP contribution is -2.12. The molecular formula is C20H22N4O2S2. The summed E-state index contributed by atoms with van der Waals surface area (Å²) in [6.45, 7) is 12.4. The molecule has 0 fully saturated rings. The fraction of sp³-hybridized carbons (Fsp3) is 0.200. The van der Waals surface area contributed by atoms with E-state index in [2.05, 4.69) is 34.1 Å². The van der Waals surface area contributed by atoms with Crippen molar-refractivity contribution in [3.8, 4) is 10.0 Å². The Morgan fingerprint density at radius 2 is 1.46 bits per heavy atom. The molecule has 3 aromatic rings. The van der Waals surface area contributed by atoms with E-state index in [1.165, 1.54) is 22.7 Å². The van der Waals surface area contributed by atoms with E-state index < -0.39 is 0 Å². The van der Waals surface area contributed by atoms with Gasteiger partial charge >= 0.3 is 0 Å². The standard InChI is InChI=1S/C20H22N4O2S2/c1-12-17(14(3)23-25-5)27-19(21-12)20-22-13(2)18(28-20)15(4)24-26-11-16-9-7-6-8-10-16/h6-10,23-24H,3-4,11H2,1-2,5H3. The zero-order valence-electron chi connectivity index (χ0n) is 16.0. The lowest BCUT2D eigenvalue weighted by atomic mass is 10.2. The molecule has 0 saturated carbocycles. The molecular weight excluding hydrogens is 392 g/mol. The van der Waals surface area contributed by atoms with Crippen molar-refractivity contribution in [2.75, 3.05) is 7.11 Å². The quantitative estimate of drug-likeness (QED) is 0.495. The largest absolute Gasteiger partial charge is 0.279 e. The Bertz CT molecular complexity index is 980. The van der Waals surface area contributed by atoms with Gasteiger partial charge in [-0.2, -0.15) is 0 Å². The number of nitrogens with zero attached hydrogens (tertiary/aromatic N) is 2. The van der Waals surface area contributed by atoms with Gasteiger partial charge in [-0.25, -0.2) is 9.97 Å². The minimum atomic E-state index is 0.453. The van der Waals surface area contributed by atoms with Crippen LogP contribution in [0.2, 0.25) is 0 Å². The maximum absolute atomic E-state index is 5.57. The van der Waals surface area contributed by atoms with Crippen molar-refractivity contribution in [1.29, 1.82) is 0 Å². The van der Waals surface area contributed by atoms with Gasteiger partial charge in [0.25, 0.3) is 0 Å². The fourth-order valence-corrected chi connectivity index (χ4v) is 4.52. The Morgan fingerprint density at radius 1 is 0.929 bits per heavy atom. The second-order valence-corrected chi connectivity index (χ2v) is 8.00. The Morgan fingerprint density at radius 3 is 2.00 bits per heavy atom. The molecule has 0 spiro atoms. The highest BCUT2D eigenvalue weighted by atomic mass is 32.1. The predicted molar refractivity (Wildman–Crippen MR) is 115 cm³/mol. The van der Waals surface area contributed by atoms with Gasteiger partial charge in [-0.15, -0.1) is 22.7 Å². The van der Waals surface area contributed by atoms with Crippen LogP contribution in [0.5, 0.6) is 0 Å². The van der Waals surface area contributed by atoms with E-state index >= 15 is 0 Å². The number of rotatable bonds is 9. The third-order valence-corrected chi connectivity index (χ3v) is 6.40. The van der Waals surface area contributed by atoms with E-state index in [0.29, 0.717) is 18.0 Å². The van der Waals surface area contributed by atoms with Gasteiger partial charge in [-0.1, -0.05) is 43.5 Å². The van der Waals surface area contributed by atoms with Gasteiger partial charge < -0.3 is 0 Å². The molecule has 8 heteroatoms. The van der Waals surface area contributed by atoms with E-state index in [1.54, 1.807) is 7.11 Å². The molecule has 0 saturated heterocycles. The van der Waals surface area contributed by atoms with Crippen LogP contribution in [0.3, 0.4) is 0 Å². The summed E-state index contributed by atoms with van der Waals surface area (Å²) in [4.78, 5) is 21.7. The minimum Gasteiger partial charge on any atom is -0.279 e. The monoisotopic (exact) mass is 414 g/mol. The van der Waals surface area contributed by atoms with Crippen molar-refractivity contribution < 1.29 is 9.68 Å². The molecule has 0 bridgehead atoms. The molecule has 2 aromatic heterocycles. The molecule has 1 aromatic carbocycles. The highest BCUT2D eigenvalue weighted by molar-refractivity contribution is 7.22. The third-order valence-electron chi connectivity index (χ3n) is 3.83. The van der Waals surface area contributed by atoms with Crippen LogP contribution in [0, 0.1) is 13.8 Å². The molecule has 0 unspecified atom stereocenters. The van der Waals surface area contributed by atoms with E-state index in [0.717, 1.165) is 36.7 Å². The van der Waals surface area contributed by atoms with Crippen LogP contribution < -0.4 is 11.0 Å². The first-order chi connectivity index (χ1) is 13.5. The normalized spacial score (nSPS) is 10.7. The second-order valence-electron chi connectivity index (χ2n) is 6.01. The minimum absolute atomic E-state index is 0.453. The molecule has 2 heterocycles. The van der Waals surface area contributed by atoms with Crippen molar-refractivity contribution in [2.45, 2.75) is 20.5 Å². The highest BCUT2D eigenvalue weighted by Crippen LogP contribution is 2.36. The van der Waals surface area contributed by atoms with Gasteiger partial charge in [0.2, 0.25) is 0 Å². The molecule has 0 aliphatic heterocycles. The maximum Gasteiger partial charge on any atom is 0.153 e. The van der Waals surface area contributed by atoms with E-state index in [-0.39, 0.29) is 0 Å². The highest BCUT2D eigenvalue weighted by Gasteiger charge is 2.18. The summed E-state index contributed by atoms with van der Waals surface area (Å²) in [7, 11) is 1.55. The molecule has 0 amide bonds. The predicted octanol–water partition coefficient (Wildman–Crippen LogP) is 4.70. The summed E-state index contributed by atoms with van der Waals surface area (Å²) in [5.74, 6) is 0. The second kappa shape index (κ2) is 9.11. The van der Waals surface area contributed by atoms with Crippen molar-refractivity contribution in [3.63, 3.8) is 0 Å². The lowest BCUT2D eigenvalue weighted by molar-refractivity contribution is 0.0649. The van der Waals surface area contributed by atoms with Crippen molar-refractivity contribution >= 4 is 34.1 Å². The Hall–Kier alpha value is -2.52. The average molecular weight is 415 g/mol. The van der Waals surface area contributed by atoms with E-state index in [9.17, 15) is 0 Å². The Labute approximate surface area is 172 Å². The van der Waals surface area contributed by atoms with Gasteiger partial charge in [0, 0.05) is 0 Å². The van der Waals surface area contributed by atoms with Gasteiger partial charge in [0.15, 0.2) is 10.0 Å². The third kappa shape index (κ3) is 4.66. The number of thiazole rings is 2. The van der Waals surface area contributed by atoms with Gasteiger partial charge in [-0.3, -0.25) is 20.6 Å². The van der Waals surface area contributed by atoms with Crippen LogP contribution in [-0.2, 0) is 16.3 Å².